The number of fused-ring (bicyclic) bond motifs is 1. The van der Waals surface area contributed by atoms with Crippen molar-refractivity contribution < 1.29 is 38.0 Å². The number of nitrogens with one attached hydrogen (secondary N) is 1. The summed E-state index contributed by atoms with van der Waals surface area (Å²) in [6.45, 7) is 8.75. The zero-order valence-electron chi connectivity index (χ0n) is 26.2. The summed E-state index contributed by atoms with van der Waals surface area (Å²) in [5.41, 5.74) is 0.548. The molecule has 2 aliphatic heterocycles. The van der Waals surface area contributed by atoms with Gasteiger partial charge in [0.15, 0.2) is 23.0 Å². The van der Waals surface area contributed by atoms with Crippen LogP contribution in [0.25, 0.3) is 0 Å². The van der Waals surface area contributed by atoms with Crippen molar-refractivity contribution in [2.45, 2.75) is 45.2 Å². The summed E-state index contributed by atoms with van der Waals surface area (Å²) in [6, 6.07) is 10.7. The van der Waals surface area contributed by atoms with E-state index >= 15 is 0 Å². The van der Waals surface area contributed by atoms with Gasteiger partial charge in [0.05, 0.1) is 13.7 Å². The molecule has 11 heteroatoms. The minimum Gasteiger partial charge on any atom is -0.493 e. The van der Waals surface area contributed by atoms with E-state index < -0.39 is 0 Å². The van der Waals surface area contributed by atoms with Crippen LogP contribution in [0.2, 0.25) is 0 Å². The topological polar surface area (TPSA) is 108 Å². The van der Waals surface area contributed by atoms with Crippen LogP contribution < -0.4 is 29.0 Å². The van der Waals surface area contributed by atoms with Gasteiger partial charge in [-0.25, -0.2) is 4.79 Å². The van der Waals surface area contributed by atoms with Crippen molar-refractivity contribution in [2.24, 2.45) is 11.8 Å². The number of benzene rings is 2. The maximum Gasteiger partial charge on any atom is 0.415 e. The van der Waals surface area contributed by atoms with Crippen LogP contribution in [0.5, 0.6) is 28.7 Å². The summed E-state index contributed by atoms with van der Waals surface area (Å²) in [6.07, 6.45) is 2.30. The van der Waals surface area contributed by atoms with E-state index in [0.717, 1.165) is 32.4 Å². The molecule has 5 rings (SSSR count). The molecule has 0 spiro atoms. The van der Waals surface area contributed by atoms with E-state index in [0.29, 0.717) is 73.8 Å². The highest BCUT2D eigenvalue weighted by atomic mass is 16.6. The van der Waals surface area contributed by atoms with E-state index in [1.807, 2.05) is 23.6 Å². The third kappa shape index (κ3) is 7.87. The molecule has 1 N–H and O–H groups in total. The monoisotopic (exact) mass is 611 g/mol. The van der Waals surface area contributed by atoms with E-state index in [1.54, 1.807) is 50.6 Å². The molecule has 0 aromatic heterocycles. The van der Waals surface area contributed by atoms with Crippen LogP contribution in [0.3, 0.4) is 0 Å². The fourth-order valence-electron chi connectivity index (χ4n) is 5.73. The predicted molar refractivity (Wildman–Crippen MR) is 164 cm³/mol. The van der Waals surface area contributed by atoms with Crippen molar-refractivity contribution in [3.63, 3.8) is 0 Å². The average Bonchev–Trinajstić information content (AvgIpc) is 3.78. The molecule has 2 atom stereocenters. The average molecular weight is 612 g/mol. The number of hydrogen-bond acceptors (Lipinski definition) is 9. The minimum atomic E-state index is -0.358. The van der Waals surface area contributed by atoms with Gasteiger partial charge in [-0.15, -0.1) is 0 Å². The van der Waals surface area contributed by atoms with Crippen molar-refractivity contribution in [3.05, 3.63) is 42.0 Å². The number of methoxy groups -OCH3 is 2. The Labute approximate surface area is 259 Å². The third-order valence-corrected chi connectivity index (χ3v) is 8.33. The lowest BCUT2D eigenvalue weighted by molar-refractivity contribution is 0.0648. The smallest absolute Gasteiger partial charge is 0.415 e. The van der Waals surface area contributed by atoms with Crippen LogP contribution in [-0.2, 0) is 4.74 Å². The molecule has 1 saturated heterocycles. The van der Waals surface area contributed by atoms with Gasteiger partial charge in [0.2, 0.25) is 0 Å². The van der Waals surface area contributed by atoms with Crippen LogP contribution in [0.15, 0.2) is 36.4 Å². The van der Waals surface area contributed by atoms with Crippen LogP contribution in [0, 0.1) is 11.8 Å². The molecule has 11 nitrogen and oxygen atoms in total. The first-order valence-electron chi connectivity index (χ1n) is 15.6. The Morgan fingerprint density at radius 2 is 1.68 bits per heavy atom. The summed E-state index contributed by atoms with van der Waals surface area (Å²) >= 11 is 0. The molecular weight excluding hydrogens is 566 g/mol. The Kier molecular flexibility index (Phi) is 10.7. The molecule has 2 amide bonds. The molecule has 2 aromatic carbocycles. The largest absolute Gasteiger partial charge is 0.493 e. The van der Waals surface area contributed by atoms with Gasteiger partial charge in [-0.05, 0) is 68.9 Å². The van der Waals surface area contributed by atoms with E-state index in [1.165, 1.54) is 0 Å². The number of carbonyl (C=O) groups excluding carboxylic acids is 2. The zero-order chi connectivity index (χ0) is 31.1. The number of amides is 2. The molecule has 3 aliphatic rings. The normalized spacial score (nSPS) is 19.0. The van der Waals surface area contributed by atoms with Crippen LogP contribution >= 0.6 is 0 Å². The lowest BCUT2D eigenvalue weighted by Crippen LogP contribution is -2.45. The summed E-state index contributed by atoms with van der Waals surface area (Å²) in [7, 11) is 3.24. The minimum absolute atomic E-state index is 0.0170. The summed E-state index contributed by atoms with van der Waals surface area (Å²) < 4.78 is 33.6. The predicted octanol–water partition coefficient (Wildman–Crippen LogP) is 4.23. The summed E-state index contributed by atoms with van der Waals surface area (Å²) in [4.78, 5) is 31.0. The lowest BCUT2D eigenvalue weighted by Gasteiger charge is -2.33. The molecule has 2 aromatic rings. The Hall–Kier alpha value is -3.70. The molecule has 2 fully saturated rings. The highest BCUT2D eigenvalue weighted by molar-refractivity contribution is 5.95. The van der Waals surface area contributed by atoms with Crippen molar-refractivity contribution in [2.75, 3.05) is 66.8 Å². The van der Waals surface area contributed by atoms with Gasteiger partial charge < -0.3 is 43.5 Å². The summed E-state index contributed by atoms with van der Waals surface area (Å²) in [5.74, 6) is 3.07. The van der Waals surface area contributed by atoms with Gasteiger partial charge in [0.25, 0.3) is 5.91 Å². The zero-order valence-corrected chi connectivity index (χ0v) is 26.2. The Morgan fingerprint density at radius 1 is 0.932 bits per heavy atom. The molecule has 2 heterocycles. The molecule has 240 valence electrons. The van der Waals surface area contributed by atoms with Gasteiger partial charge in [-0.1, -0.05) is 0 Å². The maximum atomic E-state index is 13.8. The number of rotatable bonds is 14. The standard InChI is InChI=1S/C33H45N3O8/c1-22(2)35(32(37)23-6-10-28(40-4)30(16-23)41-13-5-12-39-3)20-24-18-34-19-25(24)21-36(26-7-8-26)33(38)44-27-9-11-29-31(17-27)43-15-14-42-29/h6,9-11,16-17,22,24-26,34H,5,7-8,12-15,18-21H2,1-4H3/t24-,25-/m0/s1. The fraction of sp³-hybridized carbons (Fsp3) is 0.576. The molecule has 1 saturated carbocycles. The first kappa shape index (κ1) is 31.7. The first-order chi connectivity index (χ1) is 21.4. The number of ether oxygens (including phenoxy) is 6. The van der Waals surface area contributed by atoms with Gasteiger partial charge in [0, 0.05) is 70.0 Å². The molecular formula is C33H45N3O8. The third-order valence-electron chi connectivity index (χ3n) is 8.33. The lowest BCUT2D eigenvalue weighted by atomic mass is 9.94. The molecule has 0 bridgehead atoms. The van der Waals surface area contributed by atoms with Gasteiger partial charge in [0.1, 0.15) is 19.0 Å². The second kappa shape index (κ2) is 14.9. The molecule has 0 radical (unpaired) electrons. The van der Waals surface area contributed by atoms with Crippen molar-refractivity contribution in [3.8, 4) is 28.7 Å². The molecule has 0 unspecified atom stereocenters. The van der Waals surface area contributed by atoms with E-state index in [9.17, 15) is 9.59 Å². The van der Waals surface area contributed by atoms with Crippen LogP contribution in [-0.4, -0.2) is 101 Å². The number of carbonyl (C=O) groups is 2. The number of nitrogens with zero attached hydrogens (tertiary/aromatic N) is 2. The molecule has 44 heavy (non-hydrogen) atoms. The Morgan fingerprint density at radius 3 is 2.39 bits per heavy atom. The Balaban J connectivity index is 1.24. The highest BCUT2D eigenvalue weighted by Crippen LogP contribution is 2.35. The molecule has 1 aliphatic carbocycles. The van der Waals surface area contributed by atoms with E-state index in [2.05, 4.69) is 5.32 Å². The van der Waals surface area contributed by atoms with Crippen molar-refractivity contribution in [1.29, 1.82) is 0 Å². The van der Waals surface area contributed by atoms with Crippen LogP contribution in [0.1, 0.15) is 43.5 Å². The van der Waals surface area contributed by atoms with E-state index in [-0.39, 0.29) is 35.9 Å². The number of hydrogen-bond donors (Lipinski definition) is 1. The first-order valence-corrected chi connectivity index (χ1v) is 15.6. The quantitative estimate of drug-likeness (QED) is 0.314. The van der Waals surface area contributed by atoms with Gasteiger partial charge >= 0.3 is 6.09 Å². The maximum absolute atomic E-state index is 13.8. The fourth-order valence-corrected chi connectivity index (χ4v) is 5.73. The highest BCUT2D eigenvalue weighted by Gasteiger charge is 2.39. The second-order valence-corrected chi connectivity index (χ2v) is 11.8. The van der Waals surface area contributed by atoms with Crippen molar-refractivity contribution >= 4 is 12.0 Å². The Bertz CT molecular complexity index is 1280. The van der Waals surface area contributed by atoms with Crippen LogP contribution in [0.4, 0.5) is 4.79 Å². The van der Waals surface area contributed by atoms with Crippen molar-refractivity contribution in [1.82, 2.24) is 15.1 Å². The SMILES string of the molecule is COCCCOc1cc(C(=O)N(C[C@@H]2CNC[C@H]2CN(C(=O)Oc2ccc3c(c2)OCCO3)C2CC2)C(C)C)ccc1OC. The summed E-state index contributed by atoms with van der Waals surface area (Å²) in [5, 5.41) is 3.50. The van der Waals surface area contributed by atoms with Gasteiger partial charge in [-0.3, -0.25) is 4.79 Å². The van der Waals surface area contributed by atoms with Gasteiger partial charge in [-0.2, -0.15) is 0 Å². The second-order valence-electron chi connectivity index (χ2n) is 11.8. The van der Waals surface area contributed by atoms with E-state index in [4.69, 9.17) is 28.4 Å².